The number of nitrogens with one attached hydrogen (secondary N) is 1. The second-order valence-electron chi connectivity index (χ2n) is 16.8. The summed E-state index contributed by atoms with van der Waals surface area (Å²) >= 11 is 0. The maximum Gasteiger partial charge on any atom is 0.226 e. The van der Waals surface area contributed by atoms with Crippen LogP contribution in [0, 0.1) is 18.8 Å². The molecule has 0 fully saturated rings. The molecular formula is C48H67N5O9S. The SMILES string of the molecule is CCCCCCCc1ccc(C(=O)C[C@@H](CCN)C(=O)N(C)[C@@H]2C(=O)C[C@@H](C)C(=O)N[C@H](C(=O)CS(C)(=O)=O)Cc3ccc(OCCN)c(c3)-c3cc2ccc3OCCN)c(C)c1. The Labute approximate surface area is 372 Å². The summed E-state index contributed by atoms with van der Waals surface area (Å²) in [7, 11) is -2.26. The summed E-state index contributed by atoms with van der Waals surface area (Å²) in [5.41, 5.74) is 22.2. The lowest BCUT2D eigenvalue weighted by Gasteiger charge is -2.32. The van der Waals surface area contributed by atoms with Crippen LogP contribution < -0.4 is 32.0 Å². The molecule has 2 amide bonds. The van der Waals surface area contributed by atoms with E-state index in [1.54, 1.807) is 36.4 Å². The Morgan fingerprint density at radius 2 is 1.51 bits per heavy atom. The van der Waals surface area contributed by atoms with Crippen molar-refractivity contribution < 1.29 is 41.9 Å². The summed E-state index contributed by atoms with van der Waals surface area (Å²) in [5.74, 6) is -4.41. The first kappa shape index (κ1) is 50.7. The maximum absolute atomic E-state index is 14.7. The molecule has 1 heterocycles. The minimum atomic E-state index is -3.76. The fourth-order valence-corrected chi connectivity index (χ4v) is 8.83. The lowest BCUT2D eigenvalue weighted by Crippen LogP contribution is -2.47. The highest BCUT2D eigenvalue weighted by atomic mass is 32.2. The molecule has 14 nitrogen and oxygen atoms in total. The molecule has 0 aromatic heterocycles. The van der Waals surface area contributed by atoms with Gasteiger partial charge in [0.2, 0.25) is 11.8 Å². The van der Waals surface area contributed by atoms with Gasteiger partial charge in [0.1, 0.15) is 36.5 Å². The number of Topliss-reactive ketones (excluding diaryl/α,β-unsaturated/α-hetero) is 3. The molecule has 0 unspecified atom stereocenters. The van der Waals surface area contributed by atoms with Crippen molar-refractivity contribution in [3.05, 3.63) is 82.4 Å². The Bertz CT molecular complexity index is 2190. The lowest BCUT2D eigenvalue weighted by atomic mass is 9.88. The lowest BCUT2D eigenvalue weighted by molar-refractivity contribution is -0.142. The van der Waals surface area contributed by atoms with Crippen LogP contribution in [0.25, 0.3) is 11.1 Å². The highest BCUT2D eigenvalue weighted by Crippen LogP contribution is 2.41. The molecule has 0 radical (unpaired) electrons. The van der Waals surface area contributed by atoms with Gasteiger partial charge in [-0.3, -0.25) is 24.0 Å². The van der Waals surface area contributed by atoms with Crippen molar-refractivity contribution in [1.29, 1.82) is 0 Å². The zero-order valence-corrected chi connectivity index (χ0v) is 38.4. The van der Waals surface area contributed by atoms with E-state index in [0.717, 1.165) is 36.6 Å². The minimum absolute atomic E-state index is 0.0620. The van der Waals surface area contributed by atoms with E-state index in [0.29, 0.717) is 39.3 Å². The van der Waals surface area contributed by atoms with Crippen LogP contribution in [0.4, 0.5) is 0 Å². The van der Waals surface area contributed by atoms with Crippen LogP contribution in [-0.2, 0) is 41.9 Å². The van der Waals surface area contributed by atoms with Crippen molar-refractivity contribution in [3.8, 4) is 22.6 Å². The first-order valence-corrected chi connectivity index (χ1v) is 24.1. The molecule has 1 aliphatic heterocycles. The van der Waals surface area contributed by atoms with Crippen LogP contribution in [0.15, 0.2) is 54.6 Å². The molecule has 0 saturated carbocycles. The normalized spacial score (nSPS) is 17.3. The van der Waals surface area contributed by atoms with Gasteiger partial charge in [-0.15, -0.1) is 0 Å². The average molecular weight is 890 g/mol. The summed E-state index contributed by atoms with van der Waals surface area (Å²) in [5, 5.41) is 2.71. The summed E-state index contributed by atoms with van der Waals surface area (Å²) in [6.07, 6.45) is 7.32. The van der Waals surface area contributed by atoms with E-state index >= 15 is 0 Å². The first-order valence-electron chi connectivity index (χ1n) is 22.1. The van der Waals surface area contributed by atoms with E-state index in [-0.39, 0.29) is 64.3 Å². The van der Waals surface area contributed by atoms with E-state index in [1.807, 2.05) is 25.1 Å². The minimum Gasteiger partial charge on any atom is -0.492 e. The standard InChI is InChI=1S/C48H67N5O9S/c1-6-7-8-9-10-11-33-12-15-37(31(2)24-33)41(54)29-36(18-19-49)48(58)53(4)46-35-14-17-45(62-23-21-51)39(28-35)38-26-34(13-16-44(38)61-22-20-50)27-40(43(56)30-63(5,59)60)52-47(57)32(3)25-42(46)55/h12-17,24,26,28,32,36,40,46H,6-11,18-23,25,27,29-30,49-51H2,1-5H3,(H,52,57)/t32-,36-,40+,46+/m1/s1. The Morgan fingerprint density at radius 1 is 0.857 bits per heavy atom. The number of fused-ring (bicyclic) bond motifs is 5. The third kappa shape index (κ3) is 14.5. The molecule has 7 N–H and O–H groups in total. The van der Waals surface area contributed by atoms with Gasteiger partial charge in [0.15, 0.2) is 27.2 Å². The number of nitrogens with zero attached hydrogens (tertiary/aromatic N) is 1. The van der Waals surface area contributed by atoms with Crippen molar-refractivity contribution in [1.82, 2.24) is 10.2 Å². The first-order chi connectivity index (χ1) is 30.0. The van der Waals surface area contributed by atoms with Crippen LogP contribution >= 0.6 is 0 Å². The number of hydrogen-bond acceptors (Lipinski definition) is 12. The number of unbranched alkanes of at least 4 members (excludes halogenated alkanes) is 4. The van der Waals surface area contributed by atoms with Crippen LogP contribution in [0.1, 0.15) is 104 Å². The molecular weight excluding hydrogens is 823 g/mol. The van der Waals surface area contributed by atoms with Gasteiger partial charge in [0, 0.05) is 67.8 Å². The van der Waals surface area contributed by atoms with Gasteiger partial charge < -0.3 is 36.9 Å². The quantitative estimate of drug-likeness (QED) is 0.0785. The number of ketones is 3. The number of carbonyl (C=O) groups excluding carboxylic acids is 5. The Balaban J connectivity index is 1.80. The monoisotopic (exact) mass is 889 g/mol. The number of sulfone groups is 1. The van der Waals surface area contributed by atoms with E-state index in [9.17, 15) is 32.4 Å². The van der Waals surface area contributed by atoms with Gasteiger partial charge in [-0.25, -0.2) is 8.42 Å². The highest BCUT2D eigenvalue weighted by molar-refractivity contribution is 7.91. The predicted octanol–water partition coefficient (Wildman–Crippen LogP) is 4.84. The molecule has 15 heteroatoms. The zero-order chi connectivity index (χ0) is 46.3. The number of benzene rings is 3. The van der Waals surface area contributed by atoms with Gasteiger partial charge in [-0.05, 0) is 85.7 Å². The van der Waals surface area contributed by atoms with Crippen molar-refractivity contribution in [2.45, 2.75) is 97.1 Å². The predicted molar refractivity (Wildman–Crippen MR) is 245 cm³/mol. The van der Waals surface area contributed by atoms with Crippen LogP contribution in [0.2, 0.25) is 0 Å². The third-order valence-corrected chi connectivity index (χ3v) is 12.2. The van der Waals surface area contributed by atoms with Gasteiger partial charge in [0.05, 0.1) is 6.04 Å². The summed E-state index contributed by atoms with van der Waals surface area (Å²) < 4.78 is 36.7. The summed E-state index contributed by atoms with van der Waals surface area (Å²) in [6, 6.07) is 13.6. The smallest absolute Gasteiger partial charge is 0.226 e. The third-order valence-electron chi connectivity index (χ3n) is 11.4. The zero-order valence-electron chi connectivity index (χ0n) is 37.6. The fraction of sp³-hybridized carbons (Fsp3) is 0.521. The summed E-state index contributed by atoms with van der Waals surface area (Å²) in [4.78, 5) is 71.9. The number of carbonyl (C=O) groups is 5. The molecule has 3 aromatic carbocycles. The highest BCUT2D eigenvalue weighted by Gasteiger charge is 2.36. The Hall–Kier alpha value is -4.96. The molecule has 4 rings (SSSR count). The number of nitrogens with two attached hydrogens (primary N) is 3. The Morgan fingerprint density at radius 3 is 2.13 bits per heavy atom. The second-order valence-corrected chi connectivity index (χ2v) is 18.9. The van der Waals surface area contributed by atoms with E-state index < -0.39 is 62.9 Å². The van der Waals surface area contributed by atoms with Crippen molar-refractivity contribution in [3.63, 3.8) is 0 Å². The number of amides is 2. The molecule has 0 aliphatic carbocycles. The molecule has 1 aliphatic rings. The largest absolute Gasteiger partial charge is 0.492 e. The summed E-state index contributed by atoms with van der Waals surface area (Å²) in [6.45, 7) is 6.42. The van der Waals surface area contributed by atoms with E-state index in [1.165, 1.54) is 38.1 Å². The van der Waals surface area contributed by atoms with E-state index in [2.05, 4.69) is 12.2 Å². The van der Waals surface area contributed by atoms with Crippen LogP contribution in [0.5, 0.6) is 11.5 Å². The Kier molecular flexibility index (Phi) is 19.5. The van der Waals surface area contributed by atoms with Crippen LogP contribution in [0.3, 0.4) is 0 Å². The molecule has 63 heavy (non-hydrogen) atoms. The fourth-order valence-electron chi connectivity index (χ4n) is 8.11. The molecule has 3 aromatic rings. The maximum atomic E-state index is 14.7. The van der Waals surface area contributed by atoms with Crippen LogP contribution in [-0.4, -0.2) is 100 Å². The number of hydrogen-bond donors (Lipinski definition) is 4. The van der Waals surface area contributed by atoms with E-state index in [4.69, 9.17) is 26.7 Å². The molecule has 4 atom stereocenters. The molecule has 4 bridgehead atoms. The number of likely N-dealkylation sites (N-methyl/N-ethyl adjacent to an activating group) is 1. The van der Waals surface area contributed by atoms with Crippen molar-refractivity contribution in [2.75, 3.05) is 51.9 Å². The van der Waals surface area contributed by atoms with Crippen molar-refractivity contribution >= 4 is 39.0 Å². The van der Waals surface area contributed by atoms with Gasteiger partial charge in [-0.1, -0.05) is 69.9 Å². The second kappa shape index (κ2) is 24.2. The van der Waals surface area contributed by atoms with Gasteiger partial charge >= 0.3 is 0 Å². The topological polar surface area (TPSA) is 231 Å². The number of aryl methyl sites for hydroxylation is 2. The molecule has 344 valence electrons. The molecule has 0 saturated heterocycles. The number of ether oxygens (including phenoxy) is 2. The van der Waals surface area contributed by atoms with Gasteiger partial charge in [0.25, 0.3) is 0 Å². The number of rotatable bonds is 22. The van der Waals surface area contributed by atoms with Crippen molar-refractivity contribution in [2.24, 2.45) is 29.0 Å². The molecule has 0 spiro atoms. The average Bonchev–Trinajstić information content (AvgIpc) is 3.23. The van der Waals surface area contributed by atoms with Gasteiger partial charge in [-0.2, -0.15) is 0 Å².